The summed E-state index contributed by atoms with van der Waals surface area (Å²) in [7, 11) is 3.86. The maximum atomic E-state index is 13.6. The zero-order valence-electron chi connectivity index (χ0n) is 19.1. The predicted molar refractivity (Wildman–Crippen MR) is 132 cm³/mol. The van der Waals surface area contributed by atoms with E-state index in [0.29, 0.717) is 40.5 Å². The van der Waals surface area contributed by atoms with Gasteiger partial charge in [0, 0.05) is 53.9 Å². The Morgan fingerprint density at radius 2 is 1.64 bits per heavy atom. The molecule has 3 aromatic rings. The van der Waals surface area contributed by atoms with Crippen LogP contribution in [0.1, 0.15) is 46.7 Å². The molecule has 0 saturated carbocycles. The first-order valence-electron chi connectivity index (χ1n) is 10.7. The predicted octanol–water partition coefficient (Wildman–Crippen LogP) is 4.96. The molecule has 6 nitrogen and oxygen atoms in total. The lowest BCUT2D eigenvalue weighted by atomic mass is 9.75. The van der Waals surface area contributed by atoms with E-state index < -0.39 is 11.5 Å². The van der Waals surface area contributed by atoms with Gasteiger partial charge in [-0.3, -0.25) is 19.0 Å². The molecule has 2 aromatic carbocycles. The van der Waals surface area contributed by atoms with Gasteiger partial charge in [0.15, 0.2) is 5.78 Å². The Morgan fingerprint density at radius 3 is 2.24 bits per heavy atom. The van der Waals surface area contributed by atoms with Crippen molar-refractivity contribution < 1.29 is 9.59 Å². The summed E-state index contributed by atoms with van der Waals surface area (Å²) < 4.78 is 1.48. The SMILES string of the molecule is CN(C)c1ccc(NC(=O)c2cc3c(n(-c4ccc(Cl)cc4)c2=O)CC(C)(C)CC3=O)cc1. The highest BCUT2D eigenvalue weighted by Crippen LogP contribution is 2.35. The highest BCUT2D eigenvalue weighted by molar-refractivity contribution is 6.30. The van der Waals surface area contributed by atoms with Crippen LogP contribution in [0.5, 0.6) is 0 Å². The van der Waals surface area contributed by atoms with E-state index in [1.165, 1.54) is 10.6 Å². The number of halogens is 1. The fourth-order valence-electron chi connectivity index (χ4n) is 4.18. The summed E-state index contributed by atoms with van der Waals surface area (Å²) in [5, 5.41) is 3.32. The van der Waals surface area contributed by atoms with Crippen LogP contribution >= 0.6 is 11.6 Å². The van der Waals surface area contributed by atoms with E-state index in [4.69, 9.17) is 11.6 Å². The van der Waals surface area contributed by atoms with Crippen molar-refractivity contribution in [3.8, 4) is 5.69 Å². The van der Waals surface area contributed by atoms with Gasteiger partial charge in [-0.1, -0.05) is 25.4 Å². The van der Waals surface area contributed by atoms with Crippen molar-refractivity contribution in [2.24, 2.45) is 5.41 Å². The molecule has 0 saturated heterocycles. The number of rotatable bonds is 4. The van der Waals surface area contributed by atoms with Gasteiger partial charge in [0.2, 0.25) is 0 Å². The molecule has 0 fully saturated rings. The number of pyridine rings is 1. The fraction of sp³-hybridized carbons (Fsp3) is 0.269. The summed E-state index contributed by atoms with van der Waals surface area (Å²) in [6, 6.07) is 15.6. The number of fused-ring (bicyclic) bond motifs is 1. The van der Waals surface area contributed by atoms with Crippen LogP contribution < -0.4 is 15.8 Å². The van der Waals surface area contributed by atoms with Crippen molar-refractivity contribution in [2.75, 3.05) is 24.3 Å². The average molecular weight is 464 g/mol. The van der Waals surface area contributed by atoms with Crippen molar-refractivity contribution in [1.82, 2.24) is 4.57 Å². The molecule has 4 rings (SSSR count). The first-order valence-corrected chi connectivity index (χ1v) is 11.1. The molecule has 0 bridgehead atoms. The second kappa shape index (κ2) is 8.52. The summed E-state index contributed by atoms with van der Waals surface area (Å²) >= 11 is 6.04. The number of nitrogens with one attached hydrogen (secondary N) is 1. The number of carbonyl (C=O) groups is 2. The Labute approximate surface area is 197 Å². The van der Waals surface area contributed by atoms with Crippen molar-refractivity contribution in [1.29, 1.82) is 0 Å². The van der Waals surface area contributed by atoms with E-state index >= 15 is 0 Å². The Balaban J connectivity index is 1.82. The summed E-state index contributed by atoms with van der Waals surface area (Å²) in [5.74, 6) is -0.630. The molecule has 170 valence electrons. The first kappa shape index (κ1) is 22.8. The third-order valence-corrected chi connectivity index (χ3v) is 6.11. The molecule has 1 amide bonds. The van der Waals surface area contributed by atoms with Crippen LogP contribution in [-0.2, 0) is 6.42 Å². The molecular weight excluding hydrogens is 438 g/mol. The minimum absolute atomic E-state index is 0.0755. The van der Waals surface area contributed by atoms with Crippen LogP contribution in [0.2, 0.25) is 5.02 Å². The topological polar surface area (TPSA) is 71.4 Å². The molecule has 1 N–H and O–H groups in total. The van der Waals surface area contributed by atoms with E-state index in [9.17, 15) is 14.4 Å². The molecule has 0 spiro atoms. The van der Waals surface area contributed by atoms with E-state index in [1.54, 1.807) is 36.4 Å². The second-order valence-electron chi connectivity index (χ2n) is 9.37. The summed E-state index contributed by atoms with van der Waals surface area (Å²) in [6.45, 7) is 4.01. The highest BCUT2D eigenvalue weighted by atomic mass is 35.5. The van der Waals surface area contributed by atoms with Gasteiger partial charge in [-0.15, -0.1) is 0 Å². The third-order valence-electron chi connectivity index (χ3n) is 5.86. The minimum atomic E-state index is -0.555. The van der Waals surface area contributed by atoms with Crippen molar-refractivity contribution in [3.63, 3.8) is 0 Å². The molecule has 7 heteroatoms. The summed E-state index contributed by atoms with van der Waals surface area (Å²) in [6.07, 6.45) is 0.895. The van der Waals surface area contributed by atoms with Crippen LogP contribution in [0.4, 0.5) is 11.4 Å². The molecule has 1 aromatic heterocycles. The maximum Gasteiger partial charge on any atom is 0.268 e. The number of hydrogen-bond donors (Lipinski definition) is 1. The molecular formula is C26H26ClN3O3. The molecule has 0 unspecified atom stereocenters. The Bertz CT molecular complexity index is 1290. The number of benzene rings is 2. The largest absolute Gasteiger partial charge is 0.378 e. The average Bonchev–Trinajstić information content (AvgIpc) is 2.74. The standard InChI is InChI=1S/C26H26ClN3O3/c1-26(2)14-22-20(23(31)15-26)13-21(25(33)30(22)19-9-5-16(27)6-10-19)24(32)28-17-7-11-18(12-8-17)29(3)4/h5-13H,14-15H2,1-4H3,(H,28,32). The number of Topliss-reactive ketones (excluding diaryl/α,β-unsaturated/α-hetero) is 1. The van der Waals surface area contributed by atoms with Gasteiger partial charge < -0.3 is 10.2 Å². The summed E-state index contributed by atoms with van der Waals surface area (Å²) in [4.78, 5) is 41.7. The lowest BCUT2D eigenvalue weighted by Gasteiger charge is -2.32. The lowest BCUT2D eigenvalue weighted by molar-refractivity contribution is 0.0909. The second-order valence-corrected chi connectivity index (χ2v) is 9.81. The van der Waals surface area contributed by atoms with Gasteiger partial charge in [-0.2, -0.15) is 0 Å². The van der Waals surface area contributed by atoms with E-state index in [-0.39, 0.29) is 16.8 Å². The number of anilines is 2. The molecule has 0 radical (unpaired) electrons. The number of nitrogens with zero attached hydrogens (tertiary/aromatic N) is 2. The van der Waals surface area contributed by atoms with Crippen LogP contribution in [0.25, 0.3) is 5.69 Å². The monoisotopic (exact) mass is 463 g/mol. The number of amides is 1. The fourth-order valence-corrected chi connectivity index (χ4v) is 4.31. The lowest BCUT2D eigenvalue weighted by Crippen LogP contribution is -2.37. The molecule has 0 atom stereocenters. The van der Waals surface area contributed by atoms with Gasteiger partial charge in [0.05, 0.1) is 0 Å². The molecule has 0 aliphatic heterocycles. The Kier molecular flexibility index (Phi) is 5.89. The number of aromatic nitrogens is 1. The minimum Gasteiger partial charge on any atom is -0.378 e. The zero-order valence-corrected chi connectivity index (χ0v) is 19.9. The highest BCUT2D eigenvalue weighted by Gasteiger charge is 2.35. The van der Waals surface area contributed by atoms with Crippen LogP contribution in [0.15, 0.2) is 59.4 Å². The number of ketones is 1. The van der Waals surface area contributed by atoms with Gasteiger partial charge in [0.1, 0.15) is 5.56 Å². The van der Waals surface area contributed by atoms with E-state index in [2.05, 4.69) is 5.32 Å². The van der Waals surface area contributed by atoms with Gasteiger partial charge in [-0.05, 0) is 66.4 Å². The Hall–Kier alpha value is -3.38. The molecule has 1 aliphatic rings. The van der Waals surface area contributed by atoms with Crippen molar-refractivity contribution in [3.05, 3.63) is 86.8 Å². The quantitative estimate of drug-likeness (QED) is 0.593. The van der Waals surface area contributed by atoms with Crippen LogP contribution in [0, 0.1) is 5.41 Å². The van der Waals surface area contributed by atoms with E-state index in [0.717, 1.165) is 5.69 Å². The van der Waals surface area contributed by atoms with Gasteiger partial charge >= 0.3 is 0 Å². The number of hydrogen-bond acceptors (Lipinski definition) is 4. The van der Waals surface area contributed by atoms with Crippen molar-refractivity contribution >= 4 is 34.7 Å². The molecule has 1 aliphatic carbocycles. The molecule has 33 heavy (non-hydrogen) atoms. The maximum absolute atomic E-state index is 13.6. The smallest absolute Gasteiger partial charge is 0.268 e. The normalized spacial score (nSPS) is 14.5. The van der Waals surface area contributed by atoms with Crippen LogP contribution in [0.3, 0.4) is 0 Å². The van der Waals surface area contributed by atoms with Gasteiger partial charge in [0.25, 0.3) is 11.5 Å². The number of carbonyl (C=O) groups excluding carboxylic acids is 2. The van der Waals surface area contributed by atoms with Gasteiger partial charge in [-0.25, -0.2) is 0 Å². The van der Waals surface area contributed by atoms with Crippen molar-refractivity contribution in [2.45, 2.75) is 26.7 Å². The van der Waals surface area contributed by atoms with Crippen LogP contribution in [-0.4, -0.2) is 30.4 Å². The zero-order chi connectivity index (χ0) is 23.9. The molecule has 1 heterocycles. The third kappa shape index (κ3) is 4.57. The summed E-state index contributed by atoms with van der Waals surface area (Å²) in [5.41, 5.74) is 2.32. The first-order chi connectivity index (χ1) is 15.6. The van der Waals surface area contributed by atoms with E-state index in [1.807, 2.05) is 45.0 Å². The Morgan fingerprint density at radius 1 is 1.00 bits per heavy atom.